The Morgan fingerprint density at radius 2 is 1.86 bits per heavy atom. The summed E-state index contributed by atoms with van der Waals surface area (Å²) >= 11 is 1.23. The van der Waals surface area contributed by atoms with Gasteiger partial charge in [0.1, 0.15) is 4.21 Å². The summed E-state index contributed by atoms with van der Waals surface area (Å²) in [6.45, 7) is 11.1. The Labute approximate surface area is 176 Å². The van der Waals surface area contributed by atoms with Crippen molar-refractivity contribution < 1.29 is 13.2 Å². The van der Waals surface area contributed by atoms with E-state index in [1.54, 1.807) is 22.6 Å². The first kappa shape index (κ1) is 21.7. The predicted molar refractivity (Wildman–Crippen MR) is 116 cm³/mol. The first-order valence-corrected chi connectivity index (χ1v) is 11.7. The maximum absolute atomic E-state index is 13.7. The van der Waals surface area contributed by atoms with Gasteiger partial charge in [-0.1, -0.05) is 12.6 Å². The van der Waals surface area contributed by atoms with Crippen LogP contribution < -0.4 is 5.32 Å². The molecule has 1 aliphatic rings. The molecular weight excluding hydrogens is 406 g/mol. The van der Waals surface area contributed by atoms with Gasteiger partial charge in [0.05, 0.1) is 10.6 Å². The van der Waals surface area contributed by atoms with E-state index in [-0.39, 0.29) is 11.9 Å². The number of nitrogens with zero attached hydrogens (tertiary/aromatic N) is 2. The van der Waals surface area contributed by atoms with Crippen LogP contribution in [-0.4, -0.2) is 40.7 Å². The van der Waals surface area contributed by atoms with Gasteiger partial charge in [0.15, 0.2) is 0 Å². The largest absolute Gasteiger partial charge is 0.350 e. The van der Waals surface area contributed by atoms with Gasteiger partial charge in [-0.2, -0.15) is 4.31 Å². The number of piperidine rings is 1. The van der Waals surface area contributed by atoms with Crippen LogP contribution in [-0.2, 0) is 14.8 Å². The minimum atomic E-state index is -3.73. The third kappa shape index (κ3) is 4.29. The van der Waals surface area contributed by atoms with E-state index in [0.717, 1.165) is 10.6 Å². The van der Waals surface area contributed by atoms with Crippen LogP contribution in [0.3, 0.4) is 0 Å². The van der Waals surface area contributed by atoms with Gasteiger partial charge >= 0.3 is 0 Å². The summed E-state index contributed by atoms with van der Waals surface area (Å²) in [5.41, 5.74) is -0.590. The second-order valence-corrected chi connectivity index (χ2v) is 11.6. The predicted octanol–water partition coefficient (Wildman–Crippen LogP) is 3.82. The number of aromatic nitrogens is 1. The van der Waals surface area contributed by atoms with Gasteiger partial charge in [0.2, 0.25) is 5.91 Å². The van der Waals surface area contributed by atoms with Gasteiger partial charge in [0.25, 0.3) is 10.0 Å². The molecule has 0 aliphatic carbocycles. The van der Waals surface area contributed by atoms with Crippen molar-refractivity contribution in [2.24, 2.45) is 0 Å². The maximum atomic E-state index is 13.7. The lowest BCUT2D eigenvalue weighted by Gasteiger charge is -2.53. The van der Waals surface area contributed by atoms with Gasteiger partial charge in [0, 0.05) is 23.3 Å². The normalized spacial score (nSPS) is 19.6. The fourth-order valence-corrected chi connectivity index (χ4v) is 7.97. The van der Waals surface area contributed by atoms with Crippen LogP contribution in [0.5, 0.6) is 0 Å². The molecule has 2 aromatic rings. The van der Waals surface area contributed by atoms with Crippen LogP contribution in [0.4, 0.5) is 0 Å². The Morgan fingerprint density at radius 3 is 2.41 bits per heavy atom. The van der Waals surface area contributed by atoms with Crippen LogP contribution >= 0.6 is 11.3 Å². The lowest BCUT2D eigenvalue weighted by molar-refractivity contribution is -0.118. The standard InChI is InChI=1S/C21H27N3O3S2/c1-6-18(25)23-15-13-20(2,3)24(21(4,5)14-15)29(26,27)19-11-10-17(28-19)16-9-7-8-12-22-16/h6-12,15H,1,13-14H2,2-5H3,(H,23,25). The van der Waals surface area contributed by atoms with Gasteiger partial charge in [-0.15, -0.1) is 11.3 Å². The monoisotopic (exact) mass is 433 g/mol. The highest BCUT2D eigenvalue weighted by Gasteiger charge is 2.52. The zero-order chi connectivity index (χ0) is 21.4. The molecule has 1 amide bonds. The molecule has 156 valence electrons. The topological polar surface area (TPSA) is 79.4 Å². The fraction of sp³-hybridized carbons (Fsp3) is 0.429. The number of hydrogen-bond acceptors (Lipinski definition) is 5. The van der Waals surface area contributed by atoms with E-state index >= 15 is 0 Å². The summed E-state index contributed by atoms with van der Waals surface area (Å²) in [4.78, 5) is 16.9. The average Bonchev–Trinajstić information content (AvgIpc) is 3.10. The van der Waals surface area contributed by atoms with Crippen LogP contribution in [0, 0.1) is 0 Å². The summed E-state index contributed by atoms with van der Waals surface area (Å²) in [5, 5.41) is 2.93. The number of pyridine rings is 1. The summed E-state index contributed by atoms with van der Waals surface area (Å²) in [5.74, 6) is -0.240. The van der Waals surface area contributed by atoms with Crippen molar-refractivity contribution >= 4 is 27.3 Å². The van der Waals surface area contributed by atoms with Crippen LogP contribution in [0.25, 0.3) is 10.6 Å². The van der Waals surface area contributed by atoms with E-state index in [4.69, 9.17) is 0 Å². The summed E-state index contributed by atoms with van der Waals surface area (Å²) in [7, 11) is -3.73. The van der Waals surface area contributed by atoms with Crippen molar-refractivity contribution in [3.63, 3.8) is 0 Å². The van der Waals surface area contributed by atoms with Crippen LogP contribution in [0.1, 0.15) is 40.5 Å². The Hall–Kier alpha value is -2.03. The average molecular weight is 434 g/mol. The molecule has 0 saturated carbocycles. The van der Waals surface area contributed by atoms with E-state index in [9.17, 15) is 13.2 Å². The minimum absolute atomic E-state index is 0.121. The van der Waals surface area contributed by atoms with Gasteiger partial charge in [-0.05, 0) is 70.9 Å². The van der Waals surface area contributed by atoms with E-state index in [1.165, 1.54) is 17.4 Å². The van der Waals surface area contributed by atoms with Gasteiger partial charge in [-0.25, -0.2) is 8.42 Å². The maximum Gasteiger partial charge on any atom is 0.253 e. The molecule has 3 heterocycles. The quantitative estimate of drug-likeness (QED) is 0.727. The van der Waals surface area contributed by atoms with Crippen molar-refractivity contribution in [1.29, 1.82) is 0 Å². The van der Waals surface area contributed by atoms with Crippen LogP contribution in [0.2, 0.25) is 0 Å². The molecule has 0 spiro atoms. The first-order valence-electron chi connectivity index (χ1n) is 9.47. The van der Waals surface area contributed by atoms with Gasteiger partial charge in [-0.3, -0.25) is 9.78 Å². The van der Waals surface area contributed by atoms with Crippen molar-refractivity contribution in [3.8, 4) is 10.6 Å². The molecule has 1 saturated heterocycles. The summed E-state index contributed by atoms with van der Waals surface area (Å²) in [6.07, 6.45) is 3.98. The molecule has 0 unspecified atom stereocenters. The molecule has 1 fully saturated rings. The molecule has 0 radical (unpaired) electrons. The number of thiophene rings is 1. The molecule has 0 aromatic carbocycles. The molecule has 0 atom stereocenters. The third-order valence-corrected chi connectivity index (χ3v) is 9.01. The summed E-state index contributed by atoms with van der Waals surface area (Å²) in [6, 6.07) is 8.91. The lowest BCUT2D eigenvalue weighted by Crippen LogP contribution is -2.65. The first-order chi connectivity index (χ1) is 13.5. The minimum Gasteiger partial charge on any atom is -0.350 e. The fourth-order valence-electron chi connectivity index (χ4n) is 4.47. The van der Waals surface area contributed by atoms with E-state index in [0.29, 0.717) is 17.1 Å². The van der Waals surface area contributed by atoms with E-state index in [2.05, 4.69) is 16.9 Å². The number of carbonyl (C=O) groups excluding carboxylic acids is 1. The van der Waals surface area contributed by atoms with Crippen molar-refractivity contribution in [3.05, 3.63) is 49.2 Å². The van der Waals surface area contributed by atoms with E-state index < -0.39 is 21.1 Å². The van der Waals surface area contributed by atoms with Crippen LogP contribution in [0.15, 0.2) is 53.4 Å². The molecule has 29 heavy (non-hydrogen) atoms. The van der Waals surface area contributed by atoms with Crippen molar-refractivity contribution in [1.82, 2.24) is 14.6 Å². The highest BCUT2D eigenvalue weighted by Crippen LogP contribution is 2.44. The molecule has 6 nitrogen and oxygen atoms in total. The lowest BCUT2D eigenvalue weighted by atomic mass is 9.79. The third-order valence-electron chi connectivity index (χ3n) is 5.12. The second kappa shape index (κ2) is 7.66. The van der Waals surface area contributed by atoms with Crippen molar-refractivity contribution in [2.75, 3.05) is 0 Å². The number of sulfonamides is 1. The summed E-state index contributed by atoms with van der Waals surface area (Å²) < 4.78 is 29.2. The zero-order valence-electron chi connectivity index (χ0n) is 17.2. The number of carbonyl (C=O) groups is 1. The molecule has 0 bridgehead atoms. The smallest absolute Gasteiger partial charge is 0.253 e. The molecule has 8 heteroatoms. The Kier molecular flexibility index (Phi) is 5.73. The highest BCUT2D eigenvalue weighted by molar-refractivity contribution is 7.91. The molecular formula is C21H27N3O3S2. The number of rotatable bonds is 5. The van der Waals surface area contributed by atoms with Gasteiger partial charge < -0.3 is 5.32 Å². The van der Waals surface area contributed by atoms with E-state index in [1.807, 2.05) is 45.9 Å². The number of amides is 1. The molecule has 3 rings (SSSR count). The highest BCUT2D eigenvalue weighted by atomic mass is 32.2. The molecule has 2 aromatic heterocycles. The SMILES string of the molecule is C=CC(=O)NC1CC(C)(C)N(S(=O)(=O)c2ccc(-c3ccccn3)s2)C(C)(C)C1. The molecule has 1 N–H and O–H groups in total. The second-order valence-electron chi connectivity index (χ2n) is 8.55. The number of nitrogens with one attached hydrogen (secondary N) is 1. The molecule has 1 aliphatic heterocycles. The Bertz CT molecular complexity index is 993. The Morgan fingerprint density at radius 1 is 1.21 bits per heavy atom. The van der Waals surface area contributed by atoms with Crippen molar-refractivity contribution in [2.45, 2.75) is 61.9 Å². The zero-order valence-corrected chi connectivity index (χ0v) is 18.8. The Balaban J connectivity index is 1.95. The number of hydrogen-bond donors (Lipinski definition) is 1.